The van der Waals surface area contributed by atoms with Gasteiger partial charge >= 0.3 is 12.7 Å². The van der Waals surface area contributed by atoms with Crippen molar-refractivity contribution >= 4 is 17.7 Å². The van der Waals surface area contributed by atoms with Gasteiger partial charge in [0.05, 0.1) is 11.9 Å². The summed E-state index contributed by atoms with van der Waals surface area (Å²) in [5, 5.41) is 9.09. The molecular formula is C18H24F2N6O3. The summed E-state index contributed by atoms with van der Waals surface area (Å²) < 4.78 is 34.2. The molecule has 9 nitrogen and oxygen atoms in total. The minimum atomic E-state index is -2.95. The number of H-pyrrole nitrogens is 1. The molecule has 1 saturated heterocycles. The summed E-state index contributed by atoms with van der Waals surface area (Å²) in [7, 11) is 0. The van der Waals surface area contributed by atoms with Gasteiger partial charge in [0, 0.05) is 31.3 Å². The molecule has 3 rings (SSSR count). The van der Waals surface area contributed by atoms with Gasteiger partial charge in [-0.1, -0.05) is 0 Å². The molecule has 29 heavy (non-hydrogen) atoms. The Hall–Kier alpha value is -2.98. The minimum absolute atomic E-state index is 0.0185. The average molecular weight is 410 g/mol. The van der Waals surface area contributed by atoms with Crippen LogP contribution in [0.1, 0.15) is 45.2 Å². The van der Waals surface area contributed by atoms with E-state index in [0.717, 1.165) is 18.5 Å². The first-order valence-electron chi connectivity index (χ1n) is 9.27. The molecule has 2 N–H and O–H groups in total. The summed E-state index contributed by atoms with van der Waals surface area (Å²) in [5.74, 6) is 0.548. The smallest absolute Gasteiger partial charge is 0.410 e. The van der Waals surface area contributed by atoms with E-state index in [2.05, 4.69) is 30.2 Å². The van der Waals surface area contributed by atoms with Gasteiger partial charge in [0.1, 0.15) is 17.2 Å². The molecule has 0 saturated carbocycles. The maximum absolute atomic E-state index is 12.4. The first kappa shape index (κ1) is 20.7. The maximum Gasteiger partial charge on any atom is 0.410 e. The number of nitrogens with zero attached hydrogens (tertiary/aromatic N) is 4. The lowest BCUT2D eigenvalue weighted by Gasteiger charge is -2.33. The zero-order chi connectivity index (χ0) is 21.0. The summed E-state index contributed by atoms with van der Waals surface area (Å²) in [4.78, 5) is 22.8. The van der Waals surface area contributed by atoms with Crippen LogP contribution in [0.25, 0.3) is 0 Å². The number of alkyl halides is 2. The molecule has 0 aliphatic carbocycles. The molecule has 0 aromatic carbocycles. The summed E-state index contributed by atoms with van der Waals surface area (Å²) in [6.45, 7) is 3.68. The average Bonchev–Trinajstić information content (AvgIpc) is 3.06. The number of carbonyl (C=O) groups is 1. The van der Waals surface area contributed by atoms with Crippen molar-refractivity contribution in [2.24, 2.45) is 0 Å². The van der Waals surface area contributed by atoms with Gasteiger partial charge in [-0.15, -0.1) is 5.10 Å². The summed E-state index contributed by atoms with van der Waals surface area (Å²) >= 11 is 0. The highest BCUT2D eigenvalue weighted by Crippen LogP contribution is 2.27. The van der Waals surface area contributed by atoms with Crippen molar-refractivity contribution in [2.75, 3.05) is 18.4 Å². The summed E-state index contributed by atoms with van der Waals surface area (Å²) in [6.07, 6.45) is 4.53. The zero-order valence-electron chi connectivity index (χ0n) is 16.5. The van der Waals surface area contributed by atoms with Crippen LogP contribution in [0.5, 0.6) is 5.88 Å². The Morgan fingerprint density at radius 1 is 1.38 bits per heavy atom. The third-order valence-electron chi connectivity index (χ3n) is 4.17. The van der Waals surface area contributed by atoms with E-state index < -0.39 is 12.2 Å². The Kier molecular flexibility index (Phi) is 6.14. The van der Waals surface area contributed by atoms with Crippen molar-refractivity contribution in [3.05, 3.63) is 24.2 Å². The van der Waals surface area contributed by atoms with Crippen LogP contribution in [0.3, 0.4) is 0 Å². The molecule has 3 heterocycles. The standard InChI is InChI=1S/C18H24F2N6O3/c1-18(2,3)29-17(27)26-6-4-5-11(10-26)12-8-21-9-14(22-12)23-13-7-15(25-24-13)28-16(19)20/h7-9,11,16H,4-6,10H2,1-3H3,(H2,22,23,24,25). The van der Waals surface area contributed by atoms with Gasteiger partial charge < -0.3 is 19.7 Å². The van der Waals surface area contributed by atoms with Gasteiger partial charge in [-0.2, -0.15) is 8.78 Å². The monoisotopic (exact) mass is 410 g/mol. The van der Waals surface area contributed by atoms with Crippen LogP contribution in [-0.4, -0.2) is 56.5 Å². The second-order valence-electron chi connectivity index (χ2n) is 7.72. The highest BCUT2D eigenvalue weighted by Gasteiger charge is 2.29. The molecule has 1 atom stereocenters. The third-order valence-corrected chi connectivity index (χ3v) is 4.17. The number of ether oxygens (including phenoxy) is 2. The van der Waals surface area contributed by atoms with Crippen LogP contribution in [0.2, 0.25) is 0 Å². The number of likely N-dealkylation sites (tertiary alicyclic amines) is 1. The van der Waals surface area contributed by atoms with Crippen LogP contribution < -0.4 is 10.1 Å². The van der Waals surface area contributed by atoms with E-state index >= 15 is 0 Å². The Bertz CT molecular complexity index is 839. The molecule has 1 amide bonds. The molecule has 0 radical (unpaired) electrons. The second kappa shape index (κ2) is 8.58. The van der Waals surface area contributed by atoms with Crippen molar-refractivity contribution in [1.82, 2.24) is 25.1 Å². The quantitative estimate of drug-likeness (QED) is 0.775. The minimum Gasteiger partial charge on any atom is -0.444 e. The molecule has 2 aromatic rings. The molecule has 1 fully saturated rings. The molecule has 2 aromatic heterocycles. The van der Waals surface area contributed by atoms with E-state index in [9.17, 15) is 13.6 Å². The normalized spacial score (nSPS) is 17.3. The lowest BCUT2D eigenvalue weighted by Crippen LogP contribution is -2.42. The number of halogens is 2. The second-order valence-corrected chi connectivity index (χ2v) is 7.72. The summed E-state index contributed by atoms with van der Waals surface area (Å²) in [6, 6.07) is 1.30. The number of amides is 1. The highest BCUT2D eigenvalue weighted by molar-refractivity contribution is 5.68. The number of piperidine rings is 1. The maximum atomic E-state index is 12.4. The van der Waals surface area contributed by atoms with Crippen LogP contribution in [0.15, 0.2) is 18.5 Å². The largest absolute Gasteiger partial charge is 0.444 e. The molecule has 1 unspecified atom stereocenters. The van der Waals surface area contributed by atoms with Crippen molar-refractivity contribution in [2.45, 2.75) is 51.7 Å². The molecule has 1 aliphatic rings. The van der Waals surface area contributed by atoms with Crippen LogP contribution in [0, 0.1) is 0 Å². The predicted octanol–water partition coefficient (Wildman–Crippen LogP) is 3.66. The van der Waals surface area contributed by atoms with Crippen molar-refractivity contribution in [1.29, 1.82) is 0 Å². The first-order chi connectivity index (χ1) is 13.7. The number of carbonyl (C=O) groups excluding carboxylic acids is 1. The highest BCUT2D eigenvalue weighted by atomic mass is 19.3. The van der Waals surface area contributed by atoms with Crippen molar-refractivity contribution in [3.8, 4) is 5.88 Å². The fourth-order valence-corrected chi connectivity index (χ4v) is 3.01. The third kappa shape index (κ3) is 6.00. The number of rotatable bonds is 5. The van der Waals surface area contributed by atoms with Gasteiger partial charge in [-0.25, -0.2) is 9.78 Å². The molecule has 11 heteroatoms. The summed E-state index contributed by atoms with van der Waals surface area (Å²) in [5.41, 5.74) is 0.178. The van der Waals surface area contributed by atoms with Gasteiger partial charge in [0.25, 0.3) is 0 Å². The van der Waals surface area contributed by atoms with Gasteiger partial charge in [-0.05, 0) is 33.6 Å². The fourth-order valence-electron chi connectivity index (χ4n) is 3.01. The van der Waals surface area contributed by atoms with Crippen LogP contribution >= 0.6 is 0 Å². The topological polar surface area (TPSA) is 105 Å². The number of aromatic amines is 1. The lowest BCUT2D eigenvalue weighted by molar-refractivity contribution is -0.0528. The van der Waals surface area contributed by atoms with Crippen LogP contribution in [0.4, 0.5) is 25.2 Å². The number of anilines is 2. The first-order valence-corrected chi connectivity index (χ1v) is 9.27. The Morgan fingerprint density at radius 3 is 2.90 bits per heavy atom. The van der Waals surface area contributed by atoms with E-state index in [0.29, 0.717) is 24.7 Å². The Labute approximate surface area is 166 Å². The molecule has 1 aliphatic heterocycles. The Morgan fingerprint density at radius 2 is 2.17 bits per heavy atom. The lowest BCUT2D eigenvalue weighted by atomic mass is 9.95. The predicted molar refractivity (Wildman–Crippen MR) is 100 cm³/mol. The van der Waals surface area contributed by atoms with Crippen LogP contribution in [-0.2, 0) is 4.74 Å². The number of hydrogen-bond acceptors (Lipinski definition) is 7. The molecule has 0 spiro atoms. The van der Waals surface area contributed by atoms with Crippen molar-refractivity contribution in [3.63, 3.8) is 0 Å². The number of aromatic nitrogens is 4. The number of nitrogens with one attached hydrogen (secondary N) is 2. The Balaban J connectivity index is 1.65. The van der Waals surface area contributed by atoms with E-state index in [-0.39, 0.29) is 17.9 Å². The van der Waals surface area contributed by atoms with Crippen molar-refractivity contribution < 1.29 is 23.0 Å². The van der Waals surface area contributed by atoms with Gasteiger partial charge in [0.15, 0.2) is 0 Å². The zero-order valence-corrected chi connectivity index (χ0v) is 16.5. The molecule has 0 bridgehead atoms. The molecular weight excluding hydrogens is 386 g/mol. The van der Waals surface area contributed by atoms with E-state index in [1.807, 2.05) is 20.8 Å². The van der Waals surface area contributed by atoms with E-state index in [1.165, 1.54) is 12.3 Å². The molecule has 158 valence electrons. The van der Waals surface area contributed by atoms with E-state index in [4.69, 9.17) is 4.74 Å². The SMILES string of the molecule is CC(C)(C)OC(=O)N1CCCC(c2cncc(Nc3cc(OC(F)F)n[nH]3)n2)C1. The van der Waals surface area contributed by atoms with E-state index in [1.54, 1.807) is 11.1 Å². The van der Waals surface area contributed by atoms with Gasteiger partial charge in [-0.3, -0.25) is 10.1 Å². The fraction of sp³-hybridized carbons (Fsp3) is 0.556. The van der Waals surface area contributed by atoms with Gasteiger partial charge in [0.2, 0.25) is 5.88 Å². The number of hydrogen-bond donors (Lipinski definition) is 2.